The molecule has 1 amide bonds. The van der Waals surface area contributed by atoms with Gasteiger partial charge in [-0.1, -0.05) is 5.16 Å². The summed E-state index contributed by atoms with van der Waals surface area (Å²) in [5.74, 6) is 2.22. The van der Waals surface area contributed by atoms with Crippen LogP contribution < -0.4 is 15.8 Å². The van der Waals surface area contributed by atoms with Crippen molar-refractivity contribution in [2.45, 2.75) is 82.3 Å². The highest BCUT2D eigenvalue weighted by Gasteiger charge is 2.49. The van der Waals surface area contributed by atoms with Crippen molar-refractivity contribution in [2.75, 3.05) is 38.4 Å². The number of carbonyl (C=O) groups excluding carboxylic acids is 1. The third-order valence-corrected chi connectivity index (χ3v) is 10.9. The summed E-state index contributed by atoms with van der Waals surface area (Å²) in [5, 5.41) is 22.6. The van der Waals surface area contributed by atoms with Gasteiger partial charge in [0.1, 0.15) is 17.2 Å². The van der Waals surface area contributed by atoms with Gasteiger partial charge in [-0.15, -0.1) is 16.4 Å². The Hall–Kier alpha value is -4.32. The summed E-state index contributed by atoms with van der Waals surface area (Å²) < 4.78 is 19.3. The number of hydrogen-bond acceptors (Lipinski definition) is 12. The minimum atomic E-state index is -0.456. The molecule has 4 aromatic rings. The Labute approximate surface area is 277 Å². The van der Waals surface area contributed by atoms with Crippen molar-refractivity contribution in [1.29, 1.82) is 5.26 Å². The molecule has 1 fully saturated rings. The topological polar surface area (TPSA) is 170 Å². The van der Waals surface area contributed by atoms with Crippen molar-refractivity contribution in [3.05, 3.63) is 45.7 Å². The van der Waals surface area contributed by atoms with E-state index in [1.54, 1.807) is 30.1 Å². The third kappa shape index (κ3) is 5.66. The van der Waals surface area contributed by atoms with Gasteiger partial charge in [-0.3, -0.25) is 9.69 Å². The fourth-order valence-electron chi connectivity index (χ4n) is 7.63. The first kappa shape index (κ1) is 31.3. The smallest absolute Gasteiger partial charge is 0.227 e. The Morgan fingerprint density at radius 1 is 1.30 bits per heavy atom. The largest absolute Gasteiger partial charge is 0.473 e. The number of amides is 1. The number of nitrogens with zero attached hydrogens (tertiary/aromatic N) is 7. The fourth-order valence-corrected chi connectivity index (χ4v) is 8.79. The van der Waals surface area contributed by atoms with Gasteiger partial charge in [0.25, 0.3) is 0 Å². The van der Waals surface area contributed by atoms with Crippen LogP contribution >= 0.6 is 11.3 Å². The van der Waals surface area contributed by atoms with Crippen molar-refractivity contribution in [1.82, 2.24) is 29.8 Å². The summed E-state index contributed by atoms with van der Waals surface area (Å²) in [4.78, 5) is 25.6. The molecule has 5 heterocycles. The predicted molar refractivity (Wildman–Crippen MR) is 176 cm³/mol. The van der Waals surface area contributed by atoms with E-state index in [0.717, 1.165) is 74.8 Å². The van der Waals surface area contributed by atoms with Crippen LogP contribution in [0.1, 0.15) is 79.2 Å². The van der Waals surface area contributed by atoms with E-state index in [9.17, 15) is 10.1 Å². The van der Waals surface area contributed by atoms with E-state index in [2.05, 4.69) is 40.5 Å². The second-order valence-corrected chi connectivity index (χ2v) is 13.9. The summed E-state index contributed by atoms with van der Waals surface area (Å²) in [7, 11) is 3.67. The highest BCUT2D eigenvalue weighted by molar-refractivity contribution is 7.16. The van der Waals surface area contributed by atoms with Crippen LogP contribution in [0.3, 0.4) is 0 Å². The van der Waals surface area contributed by atoms with E-state index in [0.29, 0.717) is 46.2 Å². The molecule has 7 rings (SSSR count). The monoisotopic (exact) mass is 657 g/mol. The van der Waals surface area contributed by atoms with E-state index in [1.165, 1.54) is 16.2 Å². The second kappa shape index (κ2) is 12.7. The maximum absolute atomic E-state index is 12.3. The van der Waals surface area contributed by atoms with E-state index in [-0.39, 0.29) is 24.5 Å². The lowest BCUT2D eigenvalue weighted by molar-refractivity contribution is -0.117. The fraction of sp³-hybridized carbons (Fsp3) is 0.515. The van der Waals surface area contributed by atoms with E-state index < -0.39 is 5.41 Å². The molecule has 1 unspecified atom stereocenters. The maximum Gasteiger partial charge on any atom is 0.227 e. The summed E-state index contributed by atoms with van der Waals surface area (Å²) in [6.45, 7) is 3.42. The molecule has 1 aliphatic heterocycles. The molecule has 3 aliphatic rings. The molecule has 1 spiro atoms. The van der Waals surface area contributed by atoms with Crippen LogP contribution in [0.25, 0.3) is 17.3 Å². The number of rotatable bonds is 9. The molecular formula is C33H39N9O4S. The average Bonchev–Trinajstić information content (AvgIpc) is 3.86. The Bertz CT molecular complexity index is 1840. The Morgan fingerprint density at radius 2 is 2.13 bits per heavy atom. The number of likely N-dealkylation sites (N-methyl/N-ethyl adjacent to an activating group) is 1. The highest BCUT2D eigenvalue weighted by atomic mass is 32.1. The molecule has 1 saturated heterocycles. The third-order valence-electron chi connectivity index (χ3n) is 9.81. The number of hydrogen-bond donors (Lipinski definition) is 2. The summed E-state index contributed by atoms with van der Waals surface area (Å²) >= 11 is 1.52. The highest BCUT2D eigenvalue weighted by Crippen LogP contribution is 2.55. The van der Waals surface area contributed by atoms with Gasteiger partial charge in [0.05, 0.1) is 24.0 Å². The van der Waals surface area contributed by atoms with Crippen molar-refractivity contribution < 1.29 is 18.8 Å². The molecule has 2 aliphatic carbocycles. The number of ether oxygens (including phenoxy) is 2. The first-order valence-electron chi connectivity index (χ1n) is 16.2. The van der Waals surface area contributed by atoms with Gasteiger partial charge in [-0.2, -0.15) is 10.2 Å². The van der Waals surface area contributed by atoms with Crippen LogP contribution in [-0.4, -0.2) is 75.2 Å². The van der Waals surface area contributed by atoms with Crippen LogP contribution in [-0.2, 0) is 27.8 Å². The first-order chi connectivity index (χ1) is 22.8. The van der Waals surface area contributed by atoms with Crippen molar-refractivity contribution in [3.63, 3.8) is 0 Å². The van der Waals surface area contributed by atoms with Crippen molar-refractivity contribution in [2.24, 2.45) is 0 Å². The van der Waals surface area contributed by atoms with Crippen LogP contribution in [0, 0.1) is 11.3 Å². The van der Waals surface area contributed by atoms with Crippen molar-refractivity contribution in [3.8, 4) is 29.3 Å². The standard InChI is InChI=1S/C33H39N9O4S/c1-19(22-8-6-14-41(22)2)45-27-17-25(42-15-10-24(39-42)36-26(43)11-16-44-3)37-32(38-27)29-20-7-4-12-33(30(20)46-40-29)13-5-9-23-28(33)21(18-34)31(35)47-23/h10,15,17,19,22H,4-9,11-14,16,35H2,1-3H3,(H,36,39,43)/t19-,22-,33?/m0/s1. The Morgan fingerprint density at radius 3 is 2.89 bits per heavy atom. The number of nitrogen functional groups attached to an aromatic ring is 1. The molecule has 47 heavy (non-hydrogen) atoms. The number of likely N-dealkylation sites (tertiary alicyclic amines) is 1. The Kier molecular flexibility index (Phi) is 8.46. The zero-order valence-corrected chi connectivity index (χ0v) is 27.7. The number of anilines is 2. The first-order valence-corrected chi connectivity index (χ1v) is 17.0. The number of thiophene rings is 1. The number of aromatic nitrogens is 5. The van der Waals surface area contributed by atoms with Gasteiger partial charge in [0.15, 0.2) is 28.9 Å². The molecule has 0 saturated carbocycles. The minimum absolute atomic E-state index is 0.116. The van der Waals surface area contributed by atoms with Gasteiger partial charge in [0.2, 0.25) is 11.8 Å². The lowest BCUT2D eigenvalue weighted by atomic mass is 9.63. The number of nitrogens with two attached hydrogens (primary N) is 1. The molecule has 13 nitrogen and oxygen atoms in total. The van der Waals surface area contributed by atoms with Gasteiger partial charge < -0.3 is 25.0 Å². The molecule has 4 aromatic heterocycles. The zero-order chi connectivity index (χ0) is 32.7. The number of nitriles is 1. The number of aryl methyl sites for hydroxylation is 1. The molecule has 14 heteroatoms. The molecule has 0 radical (unpaired) electrons. The quantitative estimate of drug-likeness (QED) is 0.257. The SMILES string of the molecule is COCCC(=O)Nc1ccn(-c2cc(O[C@@H](C)[C@@H]3CCCN3C)nc(-c3noc4c3CCCC43CCCc4sc(N)c(C#N)c43)n2)n1. The molecular weight excluding hydrogens is 618 g/mol. The number of carbonyl (C=O) groups is 1. The predicted octanol–water partition coefficient (Wildman–Crippen LogP) is 4.63. The summed E-state index contributed by atoms with van der Waals surface area (Å²) in [5.41, 5.74) is 8.99. The molecule has 0 bridgehead atoms. The summed E-state index contributed by atoms with van der Waals surface area (Å²) in [6.07, 6.45) is 9.27. The van der Waals surface area contributed by atoms with Crippen LogP contribution in [0.4, 0.5) is 10.8 Å². The van der Waals surface area contributed by atoms with Crippen LogP contribution in [0.2, 0.25) is 0 Å². The summed E-state index contributed by atoms with van der Waals surface area (Å²) in [6, 6.07) is 6.12. The minimum Gasteiger partial charge on any atom is -0.473 e. The van der Waals surface area contributed by atoms with E-state index in [1.807, 2.05) is 0 Å². The lowest BCUT2D eigenvalue weighted by Gasteiger charge is -2.39. The van der Waals surface area contributed by atoms with E-state index >= 15 is 0 Å². The average molecular weight is 658 g/mol. The van der Waals surface area contributed by atoms with Crippen LogP contribution in [0.15, 0.2) is 22.9 Å². The number of fused-ring (bicyclic) bond motifs is 4. The number of nitrogens with one attached hydrogen (secondary N) is 1. The number of methoxy groups -OCH3 is 1. The lowest BCUT2D eigenvalue weighted by Crippen LogP contribution is -2.38. The van der Waals surface area contributed by atoms with Crippen LogP contribution in [0.5, 0.6) is 5.88 Å². The van der Waals surface area contributed by atoms with Gasteiger partial charge >= 0.3 is 0 Å². The second-order valence-electron chi connectivity index (χ2n) is 12.7. The van der Waals surface area contributed by atoms with E-state index in [4.69, 9.17) is 29.7 Å². The van der Waals surface area contributed by atoms with Gasteiger partial charge in [-0.05, 0) is 77.4 Å². The molecule has 3 atom stereocenters. The molecule has 3 N–H and O–H groups in total. The van der Waals surface area contributed by atoms with Gasteiger partial charge in [-0.25, -0.2) is 9.67 Å². The molecule has 0 aromatic carbocycles. The normalized spacial score (nSPS) is 21.3. The molecule has 246 valence electrons. The Balaban J connectivity index is 1.28. The zero-order valence-electron chi connectivity index (χ0n) is 26.9. The van der Waals surface area contributed by atoms with Gasteiger partial charge in [0, 0.05) is 41.9 Å². The maximum atomic E-state index is 12.3. The van der Waals surface area contributed by atoms with Crippen molar-refractivity contribution >= 4 is 28.1 Å².